The Balaban J connectivity index is 2.73. The van der Waals surface area contributed by atoms with Crippen LogP contribution < -0.4 is 0 Å². The Bertz CT molecular complexity index is 344. The highest BCUT2D eigenvalue weighted by Crippen LogP contribution is 2.32. The first-order valence-corrected chi connectivity index (χ1v) is 6.38. The number of thiophene rings is 1. The van der Waals surface area contributed by atoms with Gasteiger partial charge in [0.25, 0.3) is 0 Å². The molecule has 1 rings (SSSR count). The maximum Gasteiger partial charge on any atom is 0.338 e. The van der Waals surface area contributed by atoms with Crippen molar-refractivity contribution in [2.75, 3.05) is 13.2 Å². The summed E-state index contributed by atoms with van der Waals surface area (Å²) in [5.74, 6) is -1.01. The van der Waals surface area contributed by atoms with Gasteiger partial charge in [0.1, 0.15) is 0 Å². The van der Waals surface area contributed by atoms with Gasteiger partial charge >= 0.3 is 5.97 Å². The predicted octanol–water partition coefficient (Wildman–Crippen LogP) is 2.34. The molecule has 0 aliphatic rings. The van der Waals surface area contributed by atoms with Crippen LogP contribution in [0.3, 0.4) is 0 Å². The van der Waals surface area contributed by atoms with Crippen LogP contribution in [0, 0.1) is 6.92 Å². The van der Waals surface area contributed by atoms with Crippen LogP contribution in [0.15, 0.2) is 10.5 Å². The second-order valence-corrected chi connectivity index (χ2v) is 5.36. The van der Waals surface area contributed by atoms with Crippen LogP contribution in [0.4, 0.5) is 0 Å². The molecule has 0 saturated carbocycles. The third kappa shape index (κ3) is 3.55. The fraction of sp³-hybridized carbons (Fsp3) is 0.500. The highest BCUT2D eigenvalue weighted by atomic mass is 79.9. The molecule has 1 heterocycles. The van der Waals surface area contributed by atoms with Crippen molar-refractivity contribution in [3.05, 3.63) is 20.3 Å². The molecular formula is C10H13BrO4S. The third-order valence-corrected chi connectivity index (χ3v) is 4.13. The van der Waals surface area contributed by atoms with Gasteiger partial charge in [0.15, 0.2) is 6.10 Å². The first-order valence-electron chi connectivity index (χ1n) is 4.77. The second-order valence-electron chi connectivity index (χ2n) is 3.22. The number of aliphatic carboxylic acids is 1. The molecule has 0 saturated heterocycles. The summed E-state index contributed by atoms with van der Waals surface area (Å²) < 4.78 is 6.12. The molecule has 0 bridgehead atoms. The van der Waals surface area contributed by atoms with Gasteiger partial charge in [-0.3, -0.25) is 0 Å². The zero-order valence-electron chi connectivity index (χ0n) is 8.77. The molecule has 1 unspecified atom stereocenters. The largest absolute Gasteiger partial charge is 0.479 e. The topological polar surface area (TPSA) is 66.8 Å². The summed E-state index contributed by atoms with van der Waals surface area (Å²) in [6.45, 7) is 2.15. The average Bonchev–Trinajstić information content (AvgIpc) is 2.53. The fourth-order valence-electron chi connectivity index (χ4n) is 1.15. The van der Waals surface area contributed by atoms with Gasteiger partial charge in [-0.1, -0.05) is 0 Å². The Morgan fingerprint density at radius 2 is 2.38 bits per heavy atom. The highest BCUT2D eigenvalue weighted by molar-refractivity contribution is 9.10. The molecule has 0 fully saturated rings. The number of ether oxygens (including phenoxy) is 1. The van der Waals surface area contributed by atoms with Crippen molar-refractivity contribution in [1.82, 2.24) is 0 Å². The van der Waals surface area contributed by atoms with Gasteiger partial charge in [0.05, 0.1) is 6.61 Å². The summed E-state index contributed by atoms with van der Waals surface area (Å²) in [6.07, 6.45) is -0.503. The lowest BCUT2D eigenvalue weighted by molar-refractivity contribution is -0.150. The maximum atomic E-state index is 11.0. The number of rotatable bonds is 6. The SMILES string of the molecule is Cc1sc(C(OCCCO)C(=O)O)cc1Br. The monoisotopic (exact) mass is 308 g/mol. The zero-order chi connectivity index (χ0) is 12.1. The Labute approximate surface area is 106 Å². The first kappa shape index (κ1) is 13.6. The molecule has 0 aromatic carbocycles. The van der Waals surface area contributed by atoms with Crippen LogP contribution in [-0.4, -0.2) is 29.4 Å². The summed E-state index contributed by atoms with van der Waals surface area (Å²) in [6, 6.07) is 1.76. The van der Waals surface area contributed by atoms with Gasteiger partial charge in [-0.2, -0.15) is 0 Å². The van der Waals surface area contributed by atoms with E-state index >= 15 is 0 Å². The van der Waals surface area contributed by atoms with E-state index in [4.69, 9.17) is 14.9 Å². The van der Waals surface area contributed by atoms with E-state index in [9.17, 15) is 4.79 Å². The average molecular weight is 309 g/mol. The van der Waals surface area contributed by atoms with Crippen molar-refractivity contribution in [2.24, 2.45) is 0 Å². The van der Waals surface area contributed by atoms with E-state index in [-0.39, 0.29) is 13.2 Å². The van der Waals surface area contributed by atoms with Crippen LogP contribution in [-0.2, 0) is 9.53 Å². The maximum absolute atomic E-state index is 11.0. The summed E-state index contributed by atoms with van der Waals surface area (Å²) in [5, 5.41) is 17.6. The van der Waals surface area contributed by atoms with Crippen LogP contribution >= 0.6 is 27.3 Å². The van der Waals surface area contributed by atoms with E-state index in [0.29, 0.717) is 11.3 Å². The molecule has 16 heavy (non-hydrogen) atoms. The summed E-state index contributed by atoms with van der Waals surface area (Å²) in [5.41, 5.74) is 0. The van der Waals surface area contributed by atoms with Gasteiger partial charge in [-0.05, 0) is 35.3 Å². The van der Waals surface area contributed by atoms with Crippen molar-refractivity contribution < 1.29 is 19.7 Å². The molecule has 0 aliphatic carbocycles. The van der Waals surface area contributed by atoms with Crippen molar-refractivity contribution >= 4 is 33.2 Å². The molecule has 0 radical (unpaired) electrons. The molecule has 2 N–H and O–H groups in total. The number of aryl methyl sites for hydroxylation is 1. The lowest BCUT2D eigenvalue weighted by atomic mass is 10.3. The van der Waals surface area contributed by atoms with Crippen LogP contribution in [0.5, 0.6) is 0 Å². The number of aliphatic hydroxyl groups excluding tert-OH is 1. The van der Waals surface area contributed by atoms with Crippen molar-refractivity contribution in [2.45, 2.75) is 19.4 Å². The van der Waals surface area contributed by atoms with Gasteiger partial charge < -0.3 is 14.9 Å². The number of aliphatic hydroxyl groups is 1. The summed E-state index contributed by atoms with van der Waals surface area (Å²) >= 11 is 4.73. The molecule has 1 aromatic rings. The Morgan fingerprint density at radius 3 is 2.81 bits per heavy atom. The van der Waals surface area contributed by atoms with Crippen molar-refractivity contribution in [3.8, 4) is 0 Å². The van der Waals surface area contributed by atoms with Crippen LogP contribution in [0.2, 0.25) is 0 Å². The van der Waals surface area contributed by atoms with Crippen LogP contribution in [0.1, 0.15) is 22.3 Å². The van der Waals surface area contributed by atoms with Crippen LogP contribution in [0.25, 0.3) is 0 Å². The normalized spacial score (nSPS) is 12.7. The van der Waals surface area contributed by atoms with Gasteiger partial charge in [0.2, 0.25) is 0 Å². The summed E-state index contributed by atoms with van der Waals surface area (Å²) in [7, 11) is 0. The van der Waals surface area contributed by atoms with E-state index in [1.165, 1.54) is 11.3 Å². The zero-order valence-corrected chi connectivity index (χ0v) is 11.2. The summed E-state index contributed by atoms with van der Waals surface area (Å²) in [4.78, 5) is 12.7. The van der Waals surface area contributed by atoms with E-state index in [0.717, 1.165) is 9.35 Å². The quantitative estimate of drug-likeness (QED) is 0.792. The minimum Gasteiger partial charge on any atom is -0.479 e. The number of carbonyl (C=O) groups is 1. The lowest BCUT2D eigenvalue weighted by Crippen LogP contribution is -2.15. The minimum atomic E-state index is -1.01. The van der Waals surface area contributed by atoms with Gasteiger partial charge in [-0.25, -0.2) is 4.79 Å². The standard InChI is InChI=1S/C10H13BrO4S/c1-6-7(11)5-8(16-6)9(10(13)14)15-4-2-3-12/h5,9,12H,2-4H2,1H3,(H,13,14). The predicted molar refractivity (Wildman–Crippen MR) is 64.8 cm³/mol. The molecule has 4 nitrogen and oxygen atoms in total. The number of carboxylic acids is 1. The Kier molecular flexibility index (Phi) is 5.40. The number of hydrogen-bond acceptors (Lipinski definition) is 4. The molecular weight excluding hydrogens is 296 g/mol. The molecule has 90 valence electrons. The number of carboxylic acid groups (broad SMARTS) is 1. The third-order valence-electron chi connectivity index (χ3n) is 1.95. The minimum absolute atomic E-state index is 0.000494. The fourth-order valence-corrected chi connectivity index (χ4v) is 2.76. The van der Waals surface area contributed by atoms with Crippen molar-refractivity contribution in [1.29, 1.82) is 0 Å². The van der Waals surface area contributed by atoms with Crippen molar-refractivity contribution in [3.63, 3.8) is 0 Å². The smallest absolute Gasteiger partial charge is 0.338 e. The van der Waals surface area contributed by atoms with Gasteiger partial charge in [0, 0.05) is 20.8 Å². The molecule has 0 aliphatic heterocycles. The first-order chi connectivity index (χ1) is 7.56. The Morgan fingerprint density at radius 1 is 1.69 bits per heavy atom. The molecule has 1 atom stereocenters. The molecule has 0 amide bonds. The van der Waals surface area contributed by atoms with E-state index in [1.54, 1.807) is 6.07 Å². The highest BCUT2D eigenvalue weighted by Gasteiger charge is 2.23. The Hall–Kier alpha value is -0.430. The molecule has 6 heteroatoms. The lowest BCUT2D eigenvalue weighted by Gasteiger charge is -2.11. The molecule has 1 aromatic heterocycles. The van der Waals surface area contributed by atoms with E-state index in [1.807, 2.05) is 6.92 Å². The number of hydrogen-bond donors (Lipinski definition) is 2. The van der Waals surface area contributed by atoms with Gasteiger partial charge in [-0.15, -0.1) is 11.3 Å². The van der Waals surface area contributed by atoms with E-state index in [2.05, 4.69) is 15.9 Å². The second kappa shape index (κ2) is 6.34. The van der Waals surface area contributed by atoms with E-state index < -0.39 is 12.1 Å². The molecule has 0 spiro atoms. The number of halogens is 1.